The van der Waals surface area contributed by atoms with Crippen molar-refractivity contribution >= 4 is 34.7 Å². The summed E-state index contributed by atoms with van der Waals surface area (Å²) in [5, 5.41) is 3.87. The minimum absolute atomic E-state index is 0.279. The number of aromatic nitrogens is 2. The Balaban J connectivity index is 1.61. The van der Waals surface area contributed by atoms with E-state index in [1.54, 1.807) is 0 Å². The number of nitrogens with one attached hydrogen (secondary N) is 2. The van der Waals surface area contributed by atoms with E-state index in [1.165, 1.54) is 21.8 Å². The van der Waals surface area contributed by atoms with Crippen LogP contribution in [0.5, 0.6) is 0 Å². The first-order chi connectivity index (χ1) is 10.2. The number of carbonyl (C=O) groups excluding carboxylic acids is 2. The molecule has 0 aliphatic heterocycles. The summed E-state index contributed by atoms with van der Waals surface area (Å²) in [6.45, 7) is 1.90. The zero-order valence-corrected chi connectivity index (χ0v) is 13.1. The van der Waals surface area contributed by atoms with Gasteiger partial charge in [-0.1, -0.05) is 11.4 Å². The number of carbonyl (C=O) groups is 2. The molecule has 2 aromatic heterocycles. The Kier molecular flexibility index (Phi) is 3.98. The highest BCUT2D eigenvalue weighted by Gasteiger charge is 2.20. The number of nitrogens with zero attached hydrogens (tertiary/aromatic N) is 2. The second-order valence-corrected chi connectivity index (χ2v) is 6.61. The Morgan fingerprint density at radius 3 is 2.86 bits per heavy atom. The number of fused-ring (bicyclic) bond motifs is 1. The Bertz CT molecular complexity index is 671. The zero-order valence-electron chi connectivity index (χ0n) is 11.4. The molecule has 2 heterocycles. The van der Waals surface area contributed by atoms with Crippen LogP contribution in [0.2, 0.25) is 0 Å². The van der Waals surface area contributed by atoms with Gasteiger partial charge in [-0.3, -0.25) is 20.4 Å². The van der Waals surface area contributed by atoms with E-state index in [9.17, 15) is 9.59 Å². The molecule has 6 nitrogen and oxygen atoms in total. The topological polar surface area (TPSA) is 84.0 Å². The minimum atomic E-state index is -0.376. The van der Waals surface area contributed by atoms with Gasteiger partial charge in [-0.25, -0.2) is 0 Å². The van der Waals surface area contributed by atoms with Gasteiger partial charge in [0, 0.05) is 4.88 Å². The van der Waals surface area contributed by atoms with Crippen LogP contribution in [0.1, 0.15) is 48.8 Å². The molecule has 0 aromatic carbocycles. The highest BCUT2D eigenvalue weighted by atomic mass is 32.1. The third-order valence-electron chi connectivity index (χ3n) is 3.36. The van der Waals surface area contributed by atoms with Gasteiger partial charge in [0.1, 0.15) is 4.88 Å². The van der Waals surface area contributed by atoms with Gasteiger partial charge in [0.25, 0.3) is 11.8 Å². The van der Waals surface area contributed by atoms with Crippen LogP contribution in [0.25, 0.3) is 0 Å². The lowest BCUT2D eigenvalue weighted by Crippen LogP contribution is -2.41. The molecular formula is C13H14N4O2S2. The number of hydrogen-bond acceptors (Lipinski definition) is 6. The maximum atomic E-state index is 12.0. The van der Waals surface area contributed by atoms with Gasteiger partial charge in [0.15, 0.2) is 0 Å². The van der Waals surface area contributed by atoms with E-state index in [1.807, 2.05) is 13.0 Å². The molecule has 2 amide bonds. The van der Waals surface area contributed by atoms with Gasteiger partial charge in [0.2, 0.25) is 0 Å². The lowest BCUT2D eigenvalue weighted by molar-refractivity contribution is 0.0850. The number of aryl methyl sites for hydroxylation is 3. The molecule has 2 aromatic rings. The van der Waals surface area contributed by atoms with Gasteiger partial charge < -0.3 is 0 Å². The van der Waals surface area contributed by atoms with Crippen molar-refractivity contribution < 1.29 is 9.59 Å². The predicted molar refractivity (Wildman–Crippen MR) is 80.6 cm³/mol. The molecule has 21 heavy (non-hydrogen) atoms. The maximum Gasteiger partial charge on any atom is 0.283 e. The molecule has 8 heteroatoms. The smallest absolute Gasteiger partial charge is 0.266 e. The molecule has 0 saturated heterocycles. The first-order valence-electron chi connectivity index (χ1n) is 6.72. The fourth-order valence-corrected chi connectivity index (χ4v) is 4.08. The molecule has 1 aliphatic rings. The first kappa shape index (κ1) is 14.2. The summed E-state index contributed by atoms with van der Waals surface area (Å²) in [6.07, 6.45) is 3.88. The van der Waals surface area contributed by atoms with Gasteiger partial charge in [-0.05, 0) is 48.8 Å². The zero-order chi connectivity index (χ0) is 14.8. The Morgan fingerprint density at radius 2 is 2.10 bits per heavy atom. The van der Waals surface area contributed by atoms with Crippen molar-refractivity contribution in [3.8, 4) is 0 Å². The molecule has 0 bridgehead atoms. The quantitative estimate of drug-likeness (QED) is 0.843. The van der Waals surface area contributed by atoms with Crippen LogP contribution in [0.15, 0.2) is 6.07 Å². The average Bonchev–Trinajstić information content (AvgIpc) is 3.17. The summed E-state index contributed by atoms with van der Waals surface area (Å²) in [4.78, 5) is 26.4. The molecule has 0 radical (unpaired) electrons. The first-order valence-corrected chi connectivity index (χ1v) is 8.31. The summed E-state index contributed by atoms with van der Waals surface area (Å²) < 4.78 is 3.75. The van der Waals surface area contributed by atoms with Crippen LogP contribution in [0.4, 0.5) is 0 Å². The maximum absolute atomic E-state index is 12.0. The molecule has 0 unspecified atom stereocenters. The van der Waals surface area contributed by atoms with E-state index < -0.39 is 0 Å². The van der Waals surface area contributed by atoms with Crippen molar-refractivity contribution in [1.82, 2.24) is 20.4 Å². The van der Waals surface area contributed by atoms with E-state index >= 15 is 0 Å². The molecule has 1 aliphatic carbocycles. The lowest BCUT2D eigenvalue weighted by atomic mass is 10.2. The van der Waals surface area contributed by atoms with Gasteiger partial charge >= 0.3 is 0 Å². The number of amides is 2. The Morgan fingerprint density at radius 1 is 1.29 bits per heavy atom. The summed E-state index contributed by atoms with van der Waals surface area (Å²) in [7, 11) is 0. The molecule has 0 saturated carbocycles. The molecular weight excluding hydrogens is 308 g/mol. The molecule has 0 fully saturated rings. The van der Waals surface area contributed by atoms with E-state index in [0.29, 0.717) is 21.9 Å². The molecule has 2 N–H and O–H groups in total. The third kappa shape index (κ3) is 2.81. The lowest BCUT2D eigenvalue weighted by Gasteiger charge is -2.05. The van der Waals surface area contributed by atoms with Crippen LogP contribution >= 0.6 is 22.9 Å². The van der Waals surface area contributed by atoms with Crippen molar-refractivity contribution in [3.63, 3.8) is 0 Å². The SMILES string of the molecule is CCc1nnsc1C(=O)NNC(=O)c1cc2c(s1)CCC2. The molecule has 3 rings (SSSR count). The number of hydrogen-bond donors (Lipinski definition) is 2. The van der Waals surface area contributed by atoms with Crippen molar-refractivity contribution in [2.75, 3.05) is 0 Å². The van der Waals surface area contributed by atoms with E-state index in [-0.39, 0.29) is 11.8 Å². The van der Waals surface area contributed by atoms with Crippen LogP contribution in [-0.2, 0) is 19.3 Å². The van der Waals surface area contributed by atoms with Gasteiger partial charge in [-0.2, -0.15) is 0 Å². The standard InChI is InChI=1S/C13H14N4O2S2/c1-2-8-11(21-17-14-8)13(19)16-15-12(18)10-6-7-4-3-5-9(7)20-10/h6H,2-5H2,1H3,(H,15,18)(H,16,19). The monoisotopic (exact) mass is 322 g/mol. The van der Waals surface area contributed by atoms with E-state index in [2.05, 4.69) is 20.4 Å². The number of thiophene rings is 1. The van der Waals surface area contributed by atoms with Crippen LogP contribution in [-0.4, -0.2) is 21.4 Å². The molecule has 0 atom stereocenters. The van der Waals surface area contributed by atoms with E-state index in [4.69, 9.17) is 0 Å². The van der Waals surface area contributed by atoms with Crippen LogP contribution in [0, 0.1) is 0 Å². The highest BCUT2D eigenvalue weighted by molar-refractivity contribution is 7.14. The van der Waals surface area contributed by atoms with Crippen molar-refractivity contribution in [2.45, 2.75) is 32.6 Å². The number of rotatable bonds is 3. The van der Waals surface area contributed by atoms with Crippen molar-refractivity contribution in [3.05, 3.63) is 32.0 Å². The second kappa shape index (κ2) is 5.90. The number of hydrazine groups is 1. The molecule has 110 valence electrons. The summed E-state index contributed by atoms with van der Waals surface area (Å²) in [5.41, 5.74) is 6.77. The summed E-state index contributed by atoms with van der Waals surface area (Å²) in [6, 6.07) is 1.92. The largest absolute Gasteiger partial charge is 0.283 e. The van der Waals surface area contributed by atoms with Gasteiger partial charge in [-0.15, -0.1) is 16.4 Å². The third-order valence-corrected chi connectivity index (χ3v) is 5.36. The summed E-state index contributed by atoms with van der Waals surface area (Å²) >= 11 is 2.53. The normalized spacial score (nSPS) is 13.0. The average molecular weight is 322 g/mol. The van der Waals surface area contributed by atoms with Crippen molar-refractivity contribution in [2.24, 2.45) is 0 Å². The fourth-order valence-electron chi connectivity index (χ4n) is 2.29. The summed E-state index contributed by atoms with van der Waals surface area (Å²) in [5.74, 6) is -0.655. The highest BCUT2D eigenvalue weighted by Crippen LogP contribution is 2.30. The Labute approximate surface area is 129 Å². The van der Waals surface area contributed by atoms with Crippen LogP contribution < -0.4 is 10.9 Å². The molecule has 0 spiro atoms. The fraction of sp³-hybridized carbons (Fsp3) is 0.385. The van der Waals surface area contributed by atoms with E-state index in [0.717, 1.165) is 30.8 Å². The minimum Gasteiger partial charge on any atom is -0.266 e. The Hall–Kier alpha value is -1.80. The van der Waals surface area contributed by atoms with Gasteiger partial charge in [0.05, 0.1) is 10.6 Å². The van der Waals surface area contributed by atoms with Crippen LogP contribution in [0.3, 0.4) is 0 Å². The van der Waals surface area contributed by atoms with Crippen molar-refractivity contribution in [1.29, 1.82) is 0 Å². The predicted octanol–water partition coefficient (Wildman–Crippen LogP) is 1.73. The second-order valence-electron chi connectivity index (χ2n) is 4.72.